The van der Waals surface area contributed by atoms with Crippen molar-refractivity contribution in [2.75, 3.05) is 11.9 Å². The molecule has 27 heavy (non-hydrogen) atoms. The number of rotatable bonds is 7. The number of fused-ring (bicyclic) bond motifs is 1. The van der Waals surface area contributed by atoms with E-state index >= 15 is 0 Å². The predicted octanol–water partition coefficient (Wildman–Crippen LogP) is 4.46. The quantitative estimate of drug-likeness (QED) is 0.652. The first-order valence-electron chi connectivity index (χ1n) is 9.15. The number of halogens is 1. The van der Waals surface area contributed by atoms with Crippen LogP contribution in [-0.2, 0) is 24.1 Å². The van der Waals surface area contributed by atoms with Gasteiger partial charge in [0.05, 0.1) is 10.0 Å². The Labute approximate surface area is 171 Å². The second kappa shape index (κ2) is 8.89. The standard InChI is InChI=1S/C20H23BrN2O3S/c1-2-5-12-8-9-15(14(21)10-12)26-11-17(24)23-20-18(19(22)25)13-6-3-4-7-16(13)27-20/h8-10H,2-7,11H2,1H3,(H2,22,25)(H,23,24). The normalized spacial score (nSPS) is 13.1. The smallest absolute Gasteiger partial charge is 0.262 e. The minimum absolute atomic E-state index is 0.132. The molecule has 0 atom stereocenters. The lowest BCUT2D eigenvalue weighted by Crippen LogP contribution is -2.22. The minimum Gasteiger partial charge on any atom is -0.483 e. The molecule has 0 bridgehead atoms. The maximum Gasteiger partial charge on any atom is 0.262 e. The van der Waals surface area contributed by atoms with E-state index in [1.807, 2.05) is 18.2 Å². The van der Waals surface area contributed by atoms with E-state index in [1.54, 1.807) is 0 Å². The van der Waals surface area contributed by atoms with Crippen molar-refractivity contribution in [1.82, 2.24) is 0 Å². The summed E-state index contributed by atoms with van der Waals surface area (Å²) in [4.78, 5) is 25.4. The molecule has 0 spiro atoms. The Morgan fingerprint density at radius 3 is 2.78 bits per heavy atom. The lowest BCUT2D eigenvalue weighted by atomic mass is 9.95. The number of aryl methyl sites for hydroxylation is 2. The zero-order valence-electron chi connectivity index (χ0n) is 15.3. The van der Waals surface area contributed by atoms with E-state index in [4.69, 9.17) is 10.5 Å². The monoisotopic (exact) mass is 450 g/mol. The van der Waals surface area contributed by atoms with Gasteiger partial charge in [0.15, 0.2) is 6.61 Å². The number of anilines is 1. The maximum absolute atomic E-state index is 12.4. The molecule has 2 amide bonds. The van der Waals surface area contributed by atoms with Gasteiger partial charge in [0.1, 0.15) is 10.8 Å². The van der Waals surface area contributed by atoms with E-state index in [2.05, 4.69) is 28.2 Å². The highest BCUT2D eigenvalue weighted by Gasteiger charge is 2.25. The van der Waals surface area contributed by atoms with Crippen molar-refractivity contribution in [3.05, 3.63) is 44.2 Å². The average Bonchev–Trinajstić information content (AvgIpc) is 2.99. The Balaban J connectivity index is 1.66. The molecule has 0 fully saturated rings. The molecule has 3 N–H and O–H groups in total. The Morgan fingerprint density at radius 1 is 1.30 bits per heavy atom. The third kappa shape index (κ3) is 4.71. The number of amides is 2. The van der Waals surface area contributed by atoms with Crippen LogP contribution in [0.15, 0.2) is 22.7 Å². The van der Waals surface area contributed by atoms with Crippen molar-refractivity contribution in [2.24, 2.45) is 5.73 Å². The summed E-state index contributed by atoms with van der Waals surface area (Å²) in [6.45, 7) is 2.00. The zero-order chi connectivity index (χ0) is 19.4. The zero-order valence-corrected chi connectivity index (χ0v) is 17.7. The molecule has 3 rings (SSSR count). The van der Waals surface area contributed by atoms with Crippen molar-refractivity contribution >= 4 is 44.1 Å². The third-order valence-electron chi connectivity index (χ3n) is 4.56. The molecule has 1 heterocycles. The molecule has 0 aliphatic heterocycles. The van der Waals surface area contributed by atoms with Crippen LogP contribution in [0.1, 0.15) is 52.5 Å². The average molecular weight is 451 g/mol. The number of hydrogen-bond acceptors (Lipinski definition) is 4. The molecule has 144 valence electrons. The lowest BCUT2D eigenvalue weighted by molar-refractivity contribution is -0.118. The number of hydrogen-bond donors (Lipinski definition) is 2. The first-order chi connectivity index (χ1) is 13.0. The Hall–Kier alpha value is -1.86. The van der Waals surface area contributed by atoms with Gasteiger partial charge in [-0.15, -0.1) is 11.3 Å². The van der Waals surface area contributed by atoms with Gasteiger partial charge in [0, 0.05) is 4.88 Å². The van der Waals surface area contributed by atoms with Gasteiger partial charge < -0.3 is 15.8 Å². The fourth-order valence-electron chi connectivity index (χ4n) is 3.33. The van der Waals surface area contributed by atoms with Gasteiger partial charge in [-0.25, -0.2) is 0 Å². The van der Waals surface area contributed by atoms with Crippen LogP contribution in [0, 0.1) is 0 Å². The summed E-state index contributed by atoms with van der Waals surface area (Å²) in [6.07, 6.45) is 5.99. The van der Waals surface area contributed by atoms with Crippen LogP contribution >= 0.6 is 27.3 Å². The van der Waals surface area contributed by atoms with Crippen LogP contribution in [0.4, 0.5) is 5.00 Å². The third-order valence-corrected chi connectivity index (χ3v) is 6.39. The van der Waals surface area contributed by atoms with Crippen molar-refractivity contribution in [2.45, 2.75) is 45.4 Å². The number of primary amides is 1. The highest BCUT2D eigenvalue weighted by atomic mass is 79.9. The number of thiophene rings is 1. The summed E-state index contributed by atoms with van der Waals surface area (Å²) in [7, 11) is 0. The number of benzene rings is 1. The molecule has 1 aromatic heterocycles. The van der Waals surface area contributed by atoms with E-state index in [1.165, 1.54) is 16.9 Å². The molecule has 0 radical (unpaired) electrons. The van der Waals surface area contributed by atoms with Gasteiger partial charge in [-0.2, -0.15) is 0 Å². The van der Waals surface area contributed by atoms with E-state index in [0.717, 1.165) is 53.4 Å². The van der Waals surface area contributed by atoms with Crippen molar-refractivity contribution in [3.63, 3.8) is 0 Å². The highest BCUT2D eigenvalue weighted by Crippen LogP contribution is 2.37. The second-order valence-electron chi connectivity index (χ2n) is 6.63. The molecule has 0 unspecified atom stereocenters. The largest absolute Gasteiger partial charge is 0.483 e. The first kappa shape index (κ1) is 19.9. The Bertz CT molecular complexity index is 863. The summed E-state index contributed by atoms with van der Waals surface area (Å²) in [5.41, 5.74) is 8.25. The predicted molar refractivity (Wildman–Crippen MR) is 112 cm³/mol. The van der Waals surface area contributed by atoms with Gasteiger partial charge in [-0.3, -0.25) is 9.59 Å². The summed E-state index contributed by atoms with van der Waals surface area (Å²) < 4.78 is 6.46. The van der Waals surface area contributed by atoms with Gasteiger partial charge in [0.25, 0.3) is 11.8 Å². The first-order valence-corrected chi connectivity index (χ1v) is 10.8. The van der Waals surface area contributed by atoms with Crippen LogP contribution < -0.4 is 15.8 Å². The topological polar surface area (TPSA) is 81.4 Å². The molecule has 2 aromatic rings. The Kier molecular flexibility index (Phi) is 6.55. The number of nitrogens with two attached hydrogens (primary N) is 1. The van der Waals surface area contributed by atoms with Crippen molar-refractivity contribution in [1.29, 1.82) is 0 Å². The molecular formula is C20H23BrN2O3S. The van der Waals surface area contributed by atoms with Crippen molar-refractivity contribution in [3.8, 4) is 5.75 Å². The highest BCUT2D eigenvalue weighted by molar-refractivity contribution is 9.10. The molecule has 1 aliphatic rings. The molecule has 5 nitrogen and oxygen atoms in total. The van der Waals surface area contributed by atoms with Gasteiger partial charge in [-0.1, -0.05) is 19.4 Å². The minimum atomic E-state index is -0.486. The maximum atomic E-state index is 12.4. The van der Waals surface area contributed by atoms with Crippen LogP contribution in [0.2, 0.25) is 0 Å². The number of nitrogens with one attached hydrogen (secondary N) is 1. The molecular weight excluding hydrogens is 428 g/mol. The van der Waals surface area contributed by atoms with E-state index in [0.29, 0.717) is 16.3 Å². The van der Waals surface area contributed by atoms with Crippen LogP contribution in [-0.4, -0.2) is 18.4 Å². The van der Waals surface area contributed by atoms with Crippen LogP contribution in [0.3, 0.4) is 0 Å². The van der Waals surface area contributed by atoms with Gasteiger partial charge in [0.2, 0.25) is 0 Å². The van der Waals surface area contributed by atoms with Gasteiger partial charge >= 0.3 is 0 Å². The van der Waals surface area contributed by atoms with E-state index in [9.17, 15) is 9.59 Å². The number of ether oxygens (including phenoxy) is 1. The lowest BCUT2D eigenvalue weighted by Gasteiger charge is -2.11. The van der Waals surface area contributed by atoms with E-state index < -0.39 is 5.91 Å². The fourth-order valence-corrected chi connectivity index (χ4v) is 5.18. The van der Waals surface area contributed by atoms with Crippen LogP contribution in [0.5, 0.6) is 5.75 Å². The van der Waals surface area contributed by atoms with Crippen molar-refractivity contribution < 1.29 is 14.3 Å². The SMILES string of the molecule is CCCc1ccc(OCC(=O)Nc2sc3c(c2C(N)=O)CCCC3)c(Br)c1. The molecule has 0 saturated carbocycles. The molecule has 1 aliphatic carbocycles. The summed E-state index contributed by atoms with van der Waals surface area (Å²) >= 11 is 4.94. The van der Waals surface area contributed by atoms with Gasteiger partial charge in [-0.05, 0) is 71.3 Å². The second-order valence-corrected chi connectivity index (χ2v) is 8.59. The number of carbonyl (C=O) groups is 2. The van der Waals surface area contributed by atoms with E-state index in [-0.39, 0.29) is 12.5 Å². The molecule has 7 heteroatoms. The van der Waals surface area contributed by atoms with Crippen LogP contribution in [0.25, 0.3) is 0 Å². The fraction of sp³-hybridized carbons (Fsp3) is 0.400. The molecule has 0 saturated heterocycles. The Morgan fingerprint density at radius 2 is 2.07 bits per heavy atom. The summed E-state index contributed by atoms with van der Waals surface area (Å²) in [5.74, 6) is -0.175. The molecule has 1 aromatic carbocycles. The summed E-state index contributed by atoms with van der Waals surface area (Å²) in [5, 5.41) is 3.35. The number of carbonyl (C=O) groups excluding carboxylic acids is 2. The summed E-state index contributed by atoms with van der Waals surface area (Å²) in [6, 6.07) is 5.87.